The largest absolute Gasteiger partial charge is 0.256 e. The van der Waals surface area contributed by atoms with Crippen LogP contribution < -0.4 is 0 Å². The van der Waals surface area contributed by atoms with Crippen molar-refractivity contribution in [3.63, 3.8) is 0 Å². The summed E-state index contributed by atoms with van der Waals surface area (Å²) in [5.41, 5.74) is 26.1. The van der Waals surface area contributed by atoms with Gasteiger partial charge in [0, 0.05) is 67.3 Å². The molecule has 20 aromatic rings. The van der Waals surface area contributed by atoms with Crippen LogP contribution in [0, 0.1) is 0 Å². The maximum Gasteiger partial charge on any atom is 0.164 e. The van der Waals surface area contributed by atoms with Crippen LogP contribution in [0.4, 0.5) is 0 Å². The van der Waals surface area contributed by atoms with E-state index in [2.05, 4.69) is 315 Å². The Bertz CT molecular complexity index is 6830. The van der Waals surface area contributed by atoms with Crippen LogP contribution in [0.2, 0.25) is 0 Å². The highest BCUT2D eigenvalue weighted by Gasteiger charge is 2.19. The van der Waals surface area contributed by atoms with Crippen molar-refractivity contribution in [2.75, 3.05) is 0 Å². The predicted octanol–water partition coefficient (Wildman–Crippen LogP) is 26.5. The summed E-state index contributed by atoms with van der Waals surface area (Å²) in [7, 11) is 0. The van der Waals surface area contributed by atoms with Crippen molar-refractivity contribution in [3.8, 4) is 157 Å². The van der Waals surface area contributed by atoms with Gasteiger partial charge in [0.25, 0.3) is 0 Å². The van der Waals surface area contributed by atoms with Crippen LogP contribution in [0.25, 0.3) is 201 Å². The standard InChI is InChI=1S/2C52H34N4/c1-3-12-35(13-4-1)36-25-27-39(28-26-36)51-54-50(38-14-5-2-6-15-38)55-52(56-51)45-21-9-19-43(34-45)41-17-7-16-40(32-41)42-18-8-20-44(33-42)46-23-10-24-48-47(46)30-29-37-22-11-31-53-49(37)48;1-3-13-35(14-4-1)36-26-28-38(29-27-36)51-54-50(37-15-5-2-6-16-37)55-52(56-51)45-22-11-20-42(33-45)40-18-9-17-39(31-40)41-19-10-21-43(32-41)48-34-44-23-12-30-53-49(44)47-25-8-7-24-46(47)48/h2*1-34H. The third kappa shape index (κ3) is 13.9. The van der Waals surface area contributed by atoms with Crippen molar-refractivity contribution >= 4 is 43.4 Å². The number of aromatic nitrogens is 8. The van der Waals surface area contributed by atoms with Gasteiger partial charge in [-0.1, -0.05) is 346 Å². The Hall–Kier alpha value is -15.1. The summed E-state index contributed by atoms with van der Waals surface area (Å²) < 4.78 is 0. The van der Waals surface area contributed by atoms with Crippen LogP contribution >= 0.6 is 0 Å². The lowest BCUT2D eigenvalue weighted by Gasteiger charge is -2.13. The molecule has 8 nitrogen and oxygen atoms in total. The molecule has 20 rings (SSSR count). The maximum atomic E-state index is 5.05. The van der Waals surface area contributed by atoms with Gasteiger partial charge in [-0.05, 0) is 154 Å². The van der Waals surface area contributed by atoms with Gasteiger partial charge in [0.1, 0.15) is 0 Å². The molecule has 0 aliphatic heterocycles. The second-order valence-corrected chi connectivity index (χ2v) is 27.8. The summed E-state index contributed by atoms with van der Waals surface area (Å²) >= 11 is 0. The summed E-state index contributed by atoms with van der Waals surface area (Å²) in [6.07, 6.45) is 3.74. The number of hydrogen-bond donors (Lipinski definition) is 0. The van der Waals surface area contributed by atoms with Gasteiger partial charge >= 0.3 is 0 Å². The Morgan fingerprint density at radius 1 is 0.134 bits per heavy atom. The molecule has 0 radical (unpaired) electrons. The molecule has 4 heterocycles. The molecule has 16 aromatic carbocycles. The molecule has 0 saturated heterocycles. The van der Waals surface area contributed by atoms with E-state index >= 15 is 0 Å². The monoisotopic (exact) mass is 1430 g/mol. The van der Waals surface area contributed by atoms with Gasteiger partial charge < -0.3 is 0 Å². The zero-order chi connectivity index (χ0) is 74.5. The summed E-state index contributed by atoms with van der Waals surface area (Å²) in [4.78, 5) is 39.5. The van der Waals surface area contributed by atoms with Crippen molar-refractivity contribution in [1.82, 2.24) is 39.9 Å². The average Bonchev–Trinajstić information content (AvgIpc) is 0.766. The lowest BCUT2D eigenvalue weighted by molar-refractivity contribution is 1.07. The minimum absolute atomic E-state index is 0.629. The molecule has 0 spiro atoms. The maximum absolute atomic E-state index is 5.05. The number of hydrogen-bond acceptors (Lipinski definition) is 8. The first-order chi connectivity index (χ1) is 55.5. The molecule has 0 saturated carbocycles. The quantitative estimate of drug-likeness (QED) is 0.0992. The third-order valence-electron chi connectivity index (χ3n) is 20.7. The minimum atomic E-state index is 0.629. The molecule has 0 fully saturated rings. The second kappa shape index (κ2) is 30.3. The Morgan fingerprint density at radius 3 is 0.812 bits per heavy atom. The summed E-state index contributed by atoms with van der Waals surface area (Å²) in [6, 6.07) is 140. The van der Waals surface area contributed by atoms with Crippen molar-refractivity contribution in [3.05, 3.63) is 413 Å². The zero-order valence-electron chi connectivity index (χ0n) is 60.8. The Balaban J connectivity index is 0.000000151. The van der Waals surface area contributed by atoms with Crippen LogP contribution in [0.15, 0.2) is 413 Å². The van der Waals surface area contributed by atoms with E-state index in [1.807, 2.05) is 97.3 Å². The molecule has 4 aromatic heterocycles. The fraction of sp³-hybridized carbons (Fsp3) is 0. The Morgan fingerprint density at radius 2 is 0.393 bits per heavy atom. The van der Waals surface area contributed by atoms with E-state index in [0.29, 0.717) is 34.9 Å². The van der Waals surface area contributed by atoms with Crippen molar-refractivity contribution in [1.29, 1.82) is 0 Å². The van der Waals surface area contributed by atoms with Crippen LogP contribution in [0.5, 0.6) is 0 Å². The highest BCUT2D eigenvalue weighted by atomic mass is 15.0. The molecular formula is C104H68N8. The van der Waals surface area contributed by atoms with E-state index < -0.39 is 0 Å². The van der Waals surface area contributed by atoms with E-state index in [1.165, 1.54) is 44.2 Å². The Kier molecular flexibility index (Phi) is 18.2. The molecule has 0 N–H and O–H groups in total. The molecule has 0 amide bonds. The first-order valence-corrected chi connectivity index (χ1v) is 37.6. The number of pyridine rings is 2. The molecule has 8 heteroatoms. The summed E-state index contributed by atoms with van der Waals surface area (Å²) in [5.74, 6) is 3.81. The normalized spacial score (nSPS) is 11.2. The SMILES string of the molecule is c1ccc(-c2ccc(-c3nc(-c4ccccc4)nc(-c4cccc(-c5cccc(-c6cccc(-c7cc8cccnc8c8ccccc78)c6)c5)c4)n3)cc2)cc1.c1ccc(-c2ccc(-c3nc(-c4ccccc4)nc(-c4cccc(-c5cccc(-c6cccc(-c7cccc8c7ccc7cccnc78)c6)c5)c4)n3)cc2)cc1. The van der Waals surface area contributed by atoms with Gasteiger partial charge in [0.2, 0.25) is 0 Å². The van der Waals surface area contributed by atoms with Crippen LogP contribution in [-0.4, -0.2) is 39.9 Å². The topological polar surface area (TPSA) is 103 Å². The number of rotatable bonds is 14. The third-order valence-corrected chi connectivity index (χ3v) is 20.7. The molecule has 112 heavy (non-hydrogen) atoms. The summed E-state index contributed by atoms with van der Waals surface area (Å²) in [6.45, 7) is 0. The first kappa shape index (κ1) is 67.5. The summed E-state index contributed by atoms with van der Waals surface area (Å²) in [5, 5.41) is 7.00. The van der Waals surface area contributed by atoms with Gasteiger partial charge in [0.15, 0.2) is 34.9 Å². The number of benzene rings is 16. The second-order valence-electron chi connectivity index (χ2n) is 27.8. The van der Waals surface area contributed by atoms with E-state index in [-0.39, 0.29) is 0 Å². The highest BCUT2D eigenvalue weighted by Crippen LogP contribution is 2.40. The smallest absolute Gasteiger partial charge is 0.164 e. The lowest BCUT2D eigenvalue weighted by Crippen LogP contribution is -2.00. The van der Waals surface area contributed by atoms with Gasteiger partial charge in [-0.3, -0.25) is 9.97 Å². The number of nitrogens with zero attached hydrogens (tertiary/aromatic N) is 8. The van der Waals surface area contributed by atoms with Gasteiger partial charge in [-0.2, -0.15) is 0 Å². The van der Waals surface area contributed by atoms with E-state index in [0.717, 1.165) is 122 Å². The molecule has 0 unspecified atom stereocenters. The van der Waals surface area contributed by atoms with Gasteiger partial charge in [-0.15, -0.1) is 0 Å². The van der Waals surface area contributed by atoms with Crippen molar-refractivity contribution in [2.24, 2.45) is 0 Å². The van der Waals surface area contributed by atoms with E-state index in [4.69, 9.17) is 39.9 Å². The van der Waals surface area contributed by atoms with Crippen molar-refractivity contribution < 1.29 is 0 Å². The highest BCUT2D eigenvalue weighted by molar-refractivity contribution is 6.13. The van der Waals surface area contributed by atoms with E-state index in [9.17, 15) is 0 Å². The van der Waals surface area contributed by atoms with Crippen LogP contribution in [0.3, 0.4) is 0 Å². The van der Waals surface area contributed by atoms with Crippen LogP contribution in [0.1, 0.15) is 0 Å². The molecule has 0 bridgehead atoms. The Labute approximate surface area is 649 Å². The van der Waals surface area contributed by atoms with Gasteiger partial charge in [0.05, 0.1) is 11.0 Å². The van der Waals surface area contributed by atoms with Gasteiger partial charge in [-0.25, -0.2) is 29.9 Å². The molecule has 524 valence electrons. The molecule has 0 aliphatic carbocycles. The molecular weight excluding hydrogens is 1360 g/mol. The van der Waals surface area contributed by atoms with E-state index in [1.54, 1.807) is 0 Å². The zero-order valence-corrected chi connectivity index (χ0v) is 60.8. The number of fused-ring (bicyclic) bond motifs is 6. The lowest BCUT2D eigenvalue weighted by atomic mass is 9.92. The fourth-order valence-electron chi connectivity index (χ4n) is 15.1. The predicted molar refractivity (Wildman–Crippen MR) is 461 cm³/mol. The average molecular weight is 1430 g/mol. The molecule has 0 atom stereocenters. The minimum Gasteiger partial charge on any atom is -0.256 e. The molecule has 0 aliphatic rings. The fourth-order valence-corrected chi connectivity index (χ4v) is 15.1. The van der Waals surface area contributed by atoms with Crippen LogP contribution in [-0.2, 0) is 0 Å². The first-order valence-electron chi connectivity index (χ1n) is 37.6. The van der Waals surface area contributed by atoms with Crippen molar-refractivity contribution in [2.45, 2.75) is 0 Å².